The third kappa shape index (κ3) is 2.15. The Kier molecular flexibility index (Phi) is 3.29. The number of fused-ring (bicyclic) bond motifs is 2. The molecule has 100 valence electrons. The van der Waals surface area contributed by atoms with Crippen LogP contribution in [0.4, 0.5) is 10.1 Å². The van der Waals surface area contributed by atoms with Crippen molar-refractivity contribution in [1.29, 1.82) is 0 Å². The molecule has 0 fully saturated rings. The Hall–Kier alpha value is -1.39. The van der Waals surface area contributed by atoms with Gasteiger partial charge in [-0.3, -0.25) is 10.8 Å². The highest BCUT2D eigenvalue weighted by Gasteiger charge is 2.17. The fourth-order valence-electron chi connectivity index (χ4n) is 2.76. The second-order valence-corrected chi connectivity index (χ2v) is 5.31. The molecule has 0 aliphatic heterocycles. The smallest absolute Gasteiger partial charge is 0.143 e. The first-order chi connectivity index (χ1) is 9.20. The fraction of sp³-hybridized carbons (Fsp3) is 0.357. The molecule has 3 nitrogen and oxygen atoms in total. The molecule has 0 saturated carbocycles. The van der Waals surface area contributed by atoms with Crippen LogP contribution in [0.3, 0.4) is 0 Å². The van der Waals surface area contributed by atoms with E-state index in [-0.39, 0.29) is 5.02 Å². The molecule has 1 aliphatic carbocycles. The maximum atomic E-state index is 13.6. The van der Waals surface area contributed by atoms with E-state index in [2.05, 4.69) is 10.4 Å². The van der Waals surface area contributed by atoms with Gasteiger partial charge in [0.25, 0.3) is 0 Å². The molecule has 1 aliphatic rings. The van der Waals surface area contributed by atoms with Crippen LogP contribution >= 0.6 is 11.6 Å². The van der Waals surface area contributed by atoms with Gasteiger partial charge in [0.2, 0.25) is 0 Å². The number of nitrogen functional groups attached to an aromatic ring is 1. The third-order valence-electron chi connectivity index (χ3n) is 3.70. The van der Waals surface area contributed by atoms with Crippen LogP contribution in [-0.2, 0) is 12.8 Å². The first kappa shape index (κ1) is 12.6. The average Bonchev–Trinajstić information content (AvgIpc) is 2.63. The lowest BCUT2D eigenvalue weighted by Crippen LogP contribution is -2.12. The molecule has 0 saturated heterocycles. The van der Waals surface area contributed by atoms with Crippen LogP contribution in [0.2, 0.25) is 5.02 Å². The Morgan fingerprint density at radius 2 is 2.00 bits per heavy atom. The zero-order valence-electron chi connectivity index (χ0n) is 10.5. The molecule has 0 radical (unpaired) electrons. The molecule has 0 atom stereocenters. The van der Waals surface area contributed by atoms with Gasteiger partial charge in [-0.25, -0.2) is 4.39 Å². The highest BCUT2D eigenvalue weighted by molar-refractivity contribution is 6.31. The monoisotopic (exact) mass is 279 g/mol. The second-order valence-electron chi connectivity index (χ2n) is 4.90. The van der Waals surface area contributed by atoms with Crippen molar-refractivity contribution in [1.82, 2.24) is 4.98 Å². The van der Waals surface area contributed by atoms with E-state index in [0.717, 1.165) is 48.0 Å². The molecule has 0 unspecified atom stereocenters. The molecule has 19 heavy (non-hydrogen) atoms. The number of nitrogens with zero attached hydrogens (tertiary/aromatic N) is 1. The van der Waals surface area contributed by atoms with Gasteiger partial charge in [0.1, 0.15) is 5.82 Å². The summed E-state index contributed by atoms with van der Waals surface area (Å²) in [4.78, 5) is 4.59. The Balaban J connectivity index is 2.33. The summed E-state index contributed by atoms with van der Waals surface area (Å²) < 4.78 is 13.6. The number of halogens is 2. The molecule has 1 aromatic heterocycles. The number of hydrogen-bond acceptors (Lipinski definition) is 3. The maximum absolute atomic E-state index is 13.6. The zero-order chi connectivity index (χ0) is 13.4. The van der Waals surface area contributed by atoms with E-state index in [9.17, 15) is 4.39 Å². The van der Waals surface area contributed by atoms with Crippen LogP contribution in [-0.4, -0.2) is 4.98 Å². The van der Waals surface area contributed by atoms with Crippen molar-refractivity contribution in [2.24, 2.45) is 5.84 Å². The lowest BCUT2D eigenvalue weighted by molar-refractivity contribution is 0.629. The van der Waals surface area contributed by atoms with Crippen molar-refractivity contribution in [3.8, 4) is 0 Å². The lowest BCUT2D eigenvalue weighted by Gasteiger charge is -2.15. The number of aromatic nitrogens is 1. The number of aryl methyl sites for hydroxylation is 1. The van der Waals surface area contributed by atoms with E-state index < -0.39 is 5.82 Å². The Labute approximate surface area is 115 Å². The van der Waals surface area contributed by atoms with Gasteiger partial charge in [0.05, 0.1) is 16.2 Å². The van der Waals surface area contributed by atoms with E-state index in [1.807, 2.05) is 0 Å². The quantitative estimate of drug-likeness (QED) is 0.476. The predicted octanol–water partition coefficient (Wildman–Crippen LogP) is 3.58. The van der Waals surface area contributed by atoms with Crippen molar-refractivity contribution >= 4 is 28.2 Å². The molecule has 1 aromatic carbocycles. The van der Waals surface area contributed by atoms with Crippen LogP contribution < -0.4 is 11.3 Å². The summed E-state index contributed by atoms with van der Waals surface area (Å²) in [7, 11) is 0. The molecular formula is C14H15ClFN3. The van der Waals surface area contributed by atoms with Gasteiger partial charge in [-0.1, -0.05) is 18.0 Å². The van der Waals surface area contributed by atoms with Crippen LogP contribution in [0.25, 0.3) is 10.9 Å². The molecule has 3 rings (SSSR count). The summed E-state index contributed by atoms with van der Waals surface area (Å²) in [6.07, 6.45) is 5.30. The number of pyridine rings is 1. The van der Waals surface area contributed by atoms with Crippen molar-refractivity contribution in [3.05, 3.63) is 34.2 Å². The summed E-state index contributed by atoms with van der Waals surface area (Å²) in [6, 6.07) is 2.98. The molecule has 2 aromatic rings. The van der Waals surface area contributed by atoms with Gasteiger partial charge in [-0.05, 0) is 37.3 Å². The summed E-state index contributed by atoms with van der Waals surface area (Å²) >= 11 is 5.86. The molecule has 3 N–H and O–H groups in total. The molecule has 0 amide bonds. The standard InChI is InChI=1S/C14H15ClFN3/c15-10-6-9-13(7-11(10)16)18-12-5-3-1-2-4-8(12)14(9)19-17/h6-7H,1-5,17H2,(H,18,19). The first-order valence-electron chi connectivity index (χ1n) is 6.48. The summed E-state index contributed by atoms with van der Waals surface area (Å²) in [6.45, 7) is 0. The molecule has 0 bridgehead atoms. The van der Waals surface area contributed by atoms with Crippen LogP contribution in [0.5, 0.6) is 0 Å². The fourth-order valence-corrected chi connectivity index (χ4v) is 2.92. The number of hydrogen-bond donors (Lipinski definition) is 2. The van der Waals surface area contributed by atoms with Gasteiger partial charge in [0, 0.05) is 17.1 Å². The van der Waals surface area contributed by atoms with Gasteiger partial charge >= 0.3 is 0 Å². The van der Waals surface area contributed by atoms with Gasteiger partial charge in [-0.15, -0.1) is 0 Å². The highest BCUT2D eigenvalue weighted by Crippen LogP contribution is 2.34. The number of nitrogens with two attached hydrogens (primary N) is 1. The minimum Gasteiger partial charge on any atom is -0.323 e. The molecule has 5 heteroatoms. The highest BCUT2D eigenvalue weighted by atomic mass is 35.5. The van der Waals surface area contributed by atoms with Gasteiger partial charge < -0.3 is 5.43 Å². The lowest BCUT2D eigenvalue weighted by atomic mass is 10.0. The predicted molar refractivity (Wildman–Crippen MR) is 75.8 cm³/mol. The minimum atomic E-state index is -0.446. The van der Waals surface area contributed by atoms with Crippen molar-refractivity contribution in [3.63, 3.8) is 0 Å². The summed E-state index contributed by atoms with van der Waals surface area (Å²) in [5.41, 5.74) is 6.37. The average molecular weight is 280 g/mol. The van der Waals surface area contributed by atoms with Crippen molar-refractivity contribution in [2.45, 2.75) is 32.1 Å². The maximum Gasteiger partial charge on any atom is 0.143 e. The van der Waals surface area contributed by atoms with Crippen LogP contribution in [0.15, 0.2) is 12.1 Å². The van der Waals surface area contributed by atoms with Gasteiger partial charge in [-0.2, -0.15) is 0 Å². The van der Waals surface area contributed by atoms with E-state index in [1.165, 1.54) is 12.5 Å². The van der Waals surface area contributed by atoms with Crippen LogP contribution in [0, 0.1) is 5.82 Å². The number of hydrazine groups is 1. The molecular weight excluding hydrogens is 265 g/mol. The SMILES string of the molecule is NNc1c2c(nc3cc(F)c(Cl)cc13)CCCCC2. The molecule has 0 spiro atoms. The second kappa shape index (κ2) is 4.94. The van der Waals surface area contributed by atoms with Gasteiger partial charge in [0.15, 0.2) is 0 Å². The number of nitrogens with one attached hydrogen (secondary N) is 1. The normalized spacial score (nSPS) is 15.1. The number of rotatable bonds is 1. The Morgan fingerprint density at radius 3 is 2.79 bits per heavy atom. The Morgan fingerprint density at radius 1 is 1.21 bits per heavy atom. The molecule has 1 heterocycles. The van der Waals surface area contributed by atoms with E-state index in [0.29, 0.717) is 5.52 Å². The summed E-state index contributed by atoms with van der Waals surface area (Å²) in [5.74, 6) is 5.22. The minimum absolute atomic E-state index is 0.0966. The van der Waals surface area contributed by atoms with E-state index in [4.69, 9.17) is 17.4 Å². The number of benzene rings is 1. The topological polar surface area (TPSA) is 50.9 Å². The zero-order valence-corrected chi connectivity index (χ0v) is 11.2. The number of anilines is 1. The van der Waals surface area contributed by atoms with Crippen LogP contribution in [0.1, 0.15) is 30.5 Å². The van der Waals surface area contributed by atoms with Crippen molar-refractivity contribution in [2.75, 3.05) is 5.43 Å². The van der Waals surface area contributed by atoms with E-state index in [1.54, 1.807) is 6.07 Å². The van der Waals surface area contributed by atoms with E-state index >= 15 is 0 Å². The third-order valence-corrected chi connectivity index (χ3v) is 3.99. The Bertz CT molecular complexity index is 642. The summed E-state index contributed by atoms with van der Waals surface area (Å²) in [5, 5.41) is 0.883. The first-order valence-corrected chi connectivity index (χ1v) is 6.85. The van der Waals surface area contributed by atoms with Crippen molar-refractivity contribution < 1.29 is 4.39 Å². The largest absolute Gasteiger partial charge is 0.323 e.